The van der Waals surface area contributed by atoms with E-state index in [2.05, 4.69) is 37.4 Å². The average Bonchev–Trinajstić information content (AvgIpc) is 3.36. The van der Waals surface area contributed by atoms with Gasteiger partial charge in [0.25, 0.3) is 5.91 Å². The maximum atomic E-state index is 13.3. The molecule has 1 amide bonds. The van der Waals surface area contributed by atoms with Crippen molar-refractivity contribution in [1.82, 2.24) is 10.3 Å². The molecule has 3 nitrogen and oxygen atoms in total. The third-order valence-corrected chi connectivity index (χ3v) is 7.07. The molecule has 2 aliphatic rings. The lowest BCUT2D eigenvalue weighted by atomic mass is 9.84. The van der Waals surface area contributed by atoms with Crippen molar-refractivity contribution >= 4 is 16.8 Å². The minimum Gasteiger partial charge on any atom is -0.349 e. The molecule has 0 unspecified atom stereocenters. The number of carbonyl (C=O) groups excluding carboxylic acids is 1. The van der Waals surface area contributed by atoms with Crippen molar-refractivity contribution in [3.05, 3.63) is 65.7 Å². The van der Waals surface area contributed by atoms with Crippen LogP contribution in [0.2, 0.25) is 0 Å². The van der Waals surface area contributed by atoms with Gasteiger partial charge in [-0.3, -0.25) is 4.79 Å². The van der Waals surface area contributed by atoms with Gasteiger partial charge in [-0.05, 0) is 69.1 Å². The molecule has 2 saturated carbocycles. The number of nitrogens with one attached hydrogen (secondary N) is 1. The molecule has 0 aliphatic heterocycles. The lowest BCUT2D eigenvalue weighted by Gasteiger charge is -2.28. The fourth-order valence-corrected chi connectivity index (χ4v) is 5.61. The first-order valence-corrected chi connectivity index (χ1v) is 10.9. The standard InChI is InChI=1S/C26H28N2O/c1-16-6-5-7-20(12-16)25-15-23(21-8-3-4-9-24(21)28-25)26(29)27-17(2)22-14-18-10-11-19(22)13-18/h3-9,12,15,17-19,22H,10-11,13-14H2,1-2H3,(H,27,29)/t17-,18+,19+,22-/m0/s1. The molecule has 1 heterocycles. The van der Waals surface area contributed by atoms with E-state index in [4.69, 9.17) is 4.98 Å². The van der Waals surface area contributed by atoms with Crippen LogP contribution in [0.1, 0.15) is 48.5 Å². The van der Waals surface area contributed by atoms with Crippen molar-refractivity contribution in [2.45, 2.75) is 45.6 Å². The number of fused-ring (bicyclic) bond motifs is 3. The van der Waals surface area contributed by atoms with Crippen molar-refractivity contribution in [2.24, 2.45) is 17.8 Å². The van der Waals surface area contributed by atoms with Crippen LogP contribution in [-0.2, 0) is 0 Å². The van der Waals surface area contributed by atoms with Crippen molar-refractivity contribution in [3.8, 4) is 11.3 Å². The van der Waals surface area contributed by atoms with Gasteiger partial charge in [0.15, 0.2) is 0 Å². The quantitative estimate of drug-likeness (QED) is 0.621. The maximum absolute atomic E-state index is 13.3. The second kappa shape index (κ2) is 7.29. The molecule has 0 radical (unpaired) electrons. The minimum atomic E-state index is 0.0211. The van der Waals surface area contributed by atoms with Gasteiger partial charge in [0.1, 0.15) is 0 Å². The van der Waals surface area contributed by atoms with Gasteiger partial charge < -0.3 is 5.32 Å². The predicted octanol–water partition coefficient (Wildman–Crippen LogP) is 5.76. The van der Waals surface area contributed by atoms with Crippen LogP contribution in [0.25, 0.3) is 22.2 Å². The summed E-state index contributed by atoms with van der Waals surface area (Å²) in [6.07, 6.45) is 5.36. The van der Waals surface area contributed by atoms with Crippen LogP contribution in [0, 0.1) is 24.7 Å². The van der Waals surface area contributed by atoms with Crippen LogP contribution in [0.15, 0.2) is 54.6 Å². The number of carbonyl (C=O) groups is 1. The number of aromatic nitrogens is 1. The summed E-state index contributed by atoms with van der Waals surface area (Å²) in [5.74, 6) is 2.33. The molecule has 29 heavy (non-hydrogen) atoms. The van der Waals surface area contributed by atoms with Crippen LogP contribution < -0.4 is 5.32 Å². The first-order valence-electron chi connectivity index (χ1n) is 10.9. The van der Waals surface area contributed by atoms with E-state index in [0.717, 1.165) is 39.6 Å². The fraction of sp³-hybridized carbons (Fsp3) is 0.385. The Morgan fingerprint density at radius 1 is 1.07 bits per heavy atom. The Morgan fingerprint density at radius 3 is 2.69 bits per heavy atom. The second-order valence-corrected chi connectivity index (χ2v) is 9.04. The van der Waals surface area contributed by atoms with Crippen molar-refractivity contribution < 1.29 is 4.79 Å². The zero-order chi connectivity index (χ0) is 20.0. The molecular formula is C26H28N2O. The van der Waals surface area contributed by atoms with E-state index in [9.17, 15) is 4.79 Å². The van der Waals surface area contributed by atoms with E-state index in [1.807, 2.05) is 36.4 Å². The van der Waals surface area contributed by atoms with Gasteiger partial charge in [0.2, 0.25) is 0 Å². The monoisotopic (exact) mass is 384 g/mol. The minimum absolute atomic E-state index is 0.0211. The Hall–Kier alpha value is -2.68. The lowest BCUT2D eigenvalue weighted by molar-refractivity contribution is 0.0917. The molecule has 2 aliphatic carbocycles. The molecule has 3 heteroatoms. The van der Waals surface area contributed by atoms with Crippen LogP contribution in [0.4, 0.5) is 0 Å². The first kappa shape index (κ1) is 18.4. The Labute approximate surface area is 172 Å². The van der Waals surface area contributed by atoms with E-state index in [1.54, 1.807) is 0 Å². The molecule has 2 aromatic carbocycles. The highest BCUT2D eigenvalue weighted by atomic mass is 16.1. The number of aryl methyl sites for hydroxylation is 1. The lowest BCUT2D eigenvalue weighted by Crippen LogP contribution is -2.40. The SMILES string of the molecule is Cc1cccc(-c2cc(C(=O)N[C@@H](C)[C@@H]3C[C@@H]4CC[C@@H]3C4)c3ccccc3n2)c1. The molecule has 2 bridgehead atoms. The number of rotatable bonds is 4. The van der Waals surface area contributed by atoms with Gasteiger partial charge in [-0.2, -0.15) is 0 Å². The molecule has 2 fully saturated rings. The highest BCUT2D eigenvalue weighted by Crippen LogP contribution is 2.49. The molecule has 3 aromatic rings. The van der Waals surface area contributed by atoms with E-state index < -0.39 is 0 Å². The molecule has 0 spiro atoms. The van der Waals surface area contributed by atoms with Crippen LogP contribution >= 0.6 is 0 Å². The number of amides is 1. The fourth-order valence-electron chi connectivity index (χ4n) is 5.61. The zero-order valence-electron chi connectivity index (χ0n) is 17.2. The van der Waals surface area contributed by atoms with Gasteiger partial charge in [-0.1, -0.05) is 48.4 Å². The summed E-state index contributed by atoms with van der Waals surface area (Å²) >= 11 is 0. The Bertz CT molecular complexity index is 1070. The van der Waals surface area contributed by atoms with Crippen LogP contribution in [0.5, 0.6) is 0 Å². The van der Waals surface area contributed by atoms with Gasteiger partial charge in [-0.15, -0.1) is 0 Å². The van der Waals surface area contributed by atoms with E-state index in [1.165, 1.54) is 31.2 Å². The van der Waals surface area contributed by atoms with Crippen molar-refractivity contribution in [2.75, 3.05) is 0 Å². The summed E-state index contributed by atoms with van der Waals surface area (Å²) in [6, 6.07) is 18.4. The third kappa shape index (κ3) is 3.43. The summed E-state index contributed by atoms with van der Waals surface area (Å²) in [5.41, 5.74) is 4.68. The van der Waals surface area contributed by atoms with E-state index >= 15 is 0 Å². The Morgan fingerprint density at radius 2 is 1.93 bits per heavy atom. The smallest absolute Gasteiger partial charge is 0.252 e. The van der Waals surface area contributed by atoms with E-state index in [-0.39, 0.29) is 11.9 Å². The number of hydrogen-bond acceptors (Lipinski definition) is 2. The zero-order valence-corrected chi connectivity index (χ0v) is 17.2. The molecule has 1 aromatic heterocycles. The first-order chi connectivity index (χ1) is 14.1. The molecular weight excluding hydrogens is 356 g/mol. The number of benzene rings is 2. The molecule has 148 valence electrons. The third-order valence-electron chi connectivity index (χ3n) is 7.07. The van der Waals surface area contributed by atoms with Crippen molar-refractivity contribution in [1.29, 1.82) is 0 Å². The highest BCUT2D eigenvalue weighted by Gasteiger charge is 2.42. The predicted molar refractivity (Wildman–Crippen MR) is 118 cm³/mol. The summed E-state index contributed by atoms with van der Waals surface area (Å²) < 4.78 is 0. The summed E-state index contributed by atoms with van der Waals surface area (Å²) in [6.45, 7) is 4.27. The average molecular weight is 385 g/mol. The summed E-state index contributed by atoms with van der Waals surface area (Å²) in [4.78, 5) is 18.2. The Balaban J connectivity index is 1.48. The van der Waals surface area contributed by atoms with Crippen LogP contribution in [0.3, 0.4) is 0 Å². The number of pyridine rings is 1. The summed E-state index contributed by atoms with van der Waals surface area (Å²) in [7, 11) is 0. The van der Waals surface area contributed by atoms with E-state index in [0.29, 0.717) is 5.92 Å². The molecule has 1 N–H and O–H groups in total. The highest BCUT2D eigenvalue weighted by molar-refractivity contribution is 6.07. The number of para-hydroxylation sites is 1. The van der Waals surface area contributed by atoms with Gasteiger partial charge in [0, 0.05) is 17.0 Å². The topological polar surface area (TPSA) is 42.0 Å². The molecule has 0 saturated heterocycles. The van der Waals surface area contributed by atoms with Gasteiger partial charge in [-0.25, -0.2) is 4.98 Å². The summed E-state index contributed by atoms with van der Waals surface area (Å²) in [5, 5.41) is 4.26. The van der Waals surface area contributed by atoms with Gasteiger partial charge in [0.05, 0.1) is 16.8 Å². The second-order valence-electron chi connectivity index (χ2n) is 9.04. The largest absolute Gasteiger partial charge is 0.349 e. The van der Waals surface area contributed by atoms with Crippen LogP contribution in [-0.4, -0.2) is 16.9 Å². The normalized spacial score (nSPS) is 24.0. The number of hydrogen-bond donors (Lipinski definition) is 1. The maximum Gasteiger partial charge on any atom is 0.252 e. The molecule has 4 atom stereocenters. The van der Waals surface area contributed by atoms with Crippen molar-refractivity contribution in [3.63, 3.8) is 0 Å². The molecule has 5 rings (SSSR count). The Kier molecular flexibility index (Phi) is 4.61. The van der Waals surface area contributed by atoms with Gasteiger partial charge >= 0.3 is 0 Å². The number of nitrogens with zero attached hydrogens (tertiary/aromatic N) is 1.